The minimum Gasteiger partial charge on any atom is -0.478 e. The Labute approximate surface area is 171 Å². The summed E-state index contributed by atoms with van der Waals surface area (Å²) in [6, 6.07) is 25.7. The lowest BCUT2D eigenvalue weighted by Gasteiger charge is -2.17. The van der Waals surface area contributed by atoms with Crippen LogP contribution in [0, 0.1) is 11.8 Å². The number of nitrogens with two attached hydrogens (primary N) is 1. The lowest BCUT2D eigenvalue weighted by Crippen LogP contribution is -2.19. The van der Waals surface area contributed by atoms with E-state index in [1.165, 1.54) is 11.1 Å². The third-order valence-electron chi connectivity index (χ3n) is 5.78. The Bertz CT molecular complexity index is 1060. The van der Waals surface area contributed by atoms with E-state index in [9.17, 15) is 4.79 Å². The molecule has 2 unspecified atom stereocenters. The molecule has 3 aromatic rings. The molecule has 1 saturated carbocycles. The second kappa shape index (κ2) is 7.95. The summed E-state index contributed by atoms with van der Waals surface area (Å²) >= 11 is 0. The van der Waals surface area contributed by atoms with Gasteiger partial charge in [0.25, 0.3) is 0 Å². The fraction of sp³-hybridized carbons (Fsp3) is 0.192. The van der Waals surface area contributed by atoms with Gasteiger partial charge in [-0.2, -0.15) is 0 Å². The van der Waals surface area contributed by atoms with Crippen LogP contribution in [0.1, 0.15) is 45.5 Å². The van der Waals surface area contributed by atoms with Crippen molar-refractivity contribution in [3.8, 4) is 11.8 Å². The number of carboxylic acids is 1. The maximum atomic E-state index is 10.9. The minimum atomic E-state index is -0.931. The first kappa shape index (κ1) is 19.0. The summed E-state index contributed by atoms with van der Waals surface area (Å²) in [5.41, 5.74) is 11.0. The van der Waals surface area contributed by atoms with E-state index in [0.717, 1.165) is 30.4 Å². The molecule has 1 aliphatic rings. The van der Waals surface area contributed by atoms with Gasteiger partial charge in [-0.3, -0.25) is 0 Å². The van der Waals surface area contributed by atoms with Gasteiger partial charge >= 0.3 is 5.97 Å². The molecule has 0 heterocycles. The Morgan fingerprint density at radius 1 is 0.931 bits per heavy atom. The Morgan fingerprint density at radius 2 is 1.48 bits per heavy atom. The van der Waals surface area contributed by atoms with Crippen molar-refractivity contribution in [3.63, 3.8) is 0 Å². The first-order valence-electron chi connectivity index (χ1n) is 9.82. The monoisotopic (exact) mass is 381 g/mol. The standard InChI is InChI=1S/C26H23NO2/c27-24-18-26(24,17-16-19-4-2-1-3-5-19)23-14-10-21(11-15-23)7-6-20-8-12-22(13-9-20)25(28)29/h1-5,8-15,24H,16-18,27H2,(H,28,29). The maximum absolute atomic E-state index is 10.9. The summed E-state index contributed by atoms with van der Waals surface area (Å²) in [7, 11) is 0. The SMILES string of the molecule is NC1CC1(CCc1ccccc1)c1ccc(C#Cc2ccc(C(=O)O)cc2)cc1. The molecule has 3 aromatic carbocycles. The largest absolute Gasteiger partial charge is 0.478 e. The summed E-state index contributed by atoms with van der Waals surface area (Å²) in [6.07, 6.45) is 3.11. The molecule has 1 aliphatic carbocycles. The lowest BCUT2D eigenvalue weighted by molar-refractivity contribution is 0.0697. The highest BCUT2D eigenvalue weighted by Crippen LogP contribution is 2.50. The molecule has 3 N–H and O–H groups in total. The third kappa shape index (κ3) is 4.23. The number of aromatic carboxylic acids is 1. The van der Waals surface area contributed by atoms with Crippen molar-refractivity contribution in [2.75, 3.05) is 0 Å². The van der Waals surface area contributed by atoms with Crippen molar-refractivity contribution in [1.29, 1.82) is 0 Å². The zero-order valence-electron chi connectivity index (χ0n) is 16.1. The molecule has 0 amide bonds. The van der Waals surface area contributed by atoms with Crippen molar-refractivity contribution in [2.24, 2.45) is 5.73 Å². The molecule has 0 spiro atoms. The fourth-order valence-corrected chi connectivity index (χ4v) is 3.84. The molecule has 1 fully saturated rings. The highest BCUT2D eigenvalue weighted by atomic mass is 16.4. The highest BCUT2D eigenvalue weighted by Gasteiger charge is 2.52. The molecule has 0 aliphatic heterocycles. The second-order valence-electron chi connectivity index (χ2n) is 7.66. The first-order chi connectivity index (χ1) is 14.1. The van der Waals surface area contributed by atoms with Crippen LogP contribution in [0.5, 0.6) is 0 Å². The molecular formula is C26H23NO2. The summed E-state index contributed by atoms with van der Waals surface area (Å²) < 4.78 is 0. The zero-order chi connectivity index (χ0) is 20.3. The van der Waals surface area contributed by atoms with Crippen LogP contribution >= 0.6 is 0 Å². The number of hydrogen-bond acceptors (Lipinski definition) is 2. The molecule has 3 heteroatoms. The molecule has 29 heavy (non-hydrogen) atoms. The number of carbonyl (C=O) groups is 1. The number of carboxylic acid groups (broad SMARTS) is 1. The third-order valence-corrected chi connectivity index (χ3v) is 5.78. The minimum absolute atomic E-state index is 0.0778. The molecule has 0 bridgehead atoms. The van der Waals surface area contributed by atoms with Crippen molar-refractivity contribution in [1.82, 2.24) is 0 Å². The van der Waals surface area contributed by atoms with Gasteiger partial charge in [0.1, 0.15) is 0 Å². The summed E-state index contributed by atoms with van der Waals surface area (Å²) in [5.74, 6) is 5.31. The van der Waals surface area contributed by atoms with E-state index in [-0.39, 0.29) is 17.0 Å². The van der Waals surface area contributed by atoms with E-state index in [1.807, 2.05) is 18.2 Å². The van der Waals surface area contributed by atoms with E-state index in [1.54, 1.807) is 24.3 Å². The van der Waals surface area contributed by atoms with Gasteiger partial charge in [-0.15, -0.1) is 0 Å². The average molecular weight is 381 g/mol. The molecule has 0 radical (unpaired) electrons. The molecule has 144 valence electrons. The van der Waals surface area contributed by atoms with Crippen LogP contribution in [0.2, 0.25) is 0 Å². The quantitative estimate of drug-likeness (QED) is 0.645. The molecule has 4 rings (SSSR count). The van der Waals surface area contributed by atoms with Crippen LogP contribution in [0.3, 0.4) is 0 Å². The van der Waals surface area contributed by atoms with Gasteiger partial charge in [0.2, 0.25) is 0 Å². The van der Waals surface area contributed by atoms with Crippen LogP contribution < -0.4 is 5.73 Å². The smallest absolute Gasteiger partial charge is 0.335 e. The molecule has 0 saturated heterocycles. The van der Waals surface area contributed by atoms with Crippen molar-refractivity contribution in [3.05, 3.63) is 107 Å². The van der Waals surface area contributed by atoms with Crippen molar-refractivity contribution < 1.29 is 9.90 Å². The highest BCUT2D eigenvalue weighted by molar-refractivity contribution is 5.87. The van der Waals surface area contributed by atoms with Crippen LogP contribution in [0.15, 0.2) is 78.9 Å². The lowest BCUT2D eigenvalue weighted by atomic mass is 9.88. The summed E-state index contributed by atoms with van der Waals surface area (Å²) in [4.78, 5) is 10.9. The Kier molecular flexibility index (Phi) is 5.20. The number of hydrogen-bond donors (Lipinski definition) is 2. The molecule has 2 atom stereocenters. The van der Waals surface area contributed by atoms with Crippen LogP contribution in [-0.4, -0.2) is 17.1 Å². The molecule has 0 aromatic heterocycles. The normalized spacial score (nSPS) is 19.8. The van der Waals surface area contributed by atoms with Crippen LogP contribution in [0.4, 0.5) is 0 Å². The Morgan fingerprint density at radius 3 is 2.00 bits per heavy atom. The predicted molar refractivity (Wildman–Crippen MR) is 115 cm³/mol. The van der Waals surface area contributed by atoms with Gasteiger partial charge in [0, 0.05) is 22.6 Å². The second-order valence-corrected chi connectivity index (χ2v) is 7.66. The fourth-order valence-electron chi connectivity index (χ4n) is 3.84. The van der Waals surface area contributed by atoms with Gasteiger partial charge in [0.05, 0.1) is 5.56 Å². The van der Waals surface area contributed by atoms with Gasteiger partial charge in [-0.25, -0.2) is 4.79 Å². The van der Waals surface area contributed by atoms with E-state index in [4.69, 9.17) is 10.8 Å². The van der Waals surface area contributed by atoms with Gasteiger partial charge in [-0.05, 0) is 66.8 Å². The van der Waals surface area contributed by atoms with Crippen LogP contribution in [0.25, 0.3) is 0 Å². The van der Waals surface area contributed by atoms with E-state index >= 15 is 0 Å². The maximum Gasteiger partial charge on any atom is 0.335 e. The van der Waals surface area contributed by atoms with Gasteiger partial charge in [0.15, 0.2) is 0 Å². The average Bonchev–Trinajstić information content (AvgIpc) is 3.43. The van der Waals surface area contributed by atoms with E-state index < -0.39 is 5.97 Å². The molecular weight excluding hydrogens is 358 g/mol. The Hall–Kier alpha value is -3.35. The summed E-state index contributed by atoms with van der Waals surface area (Å²) in [6.45, 7) is 0. The van der Waals surface area contributed by atoms with Gasteiger partial charge in [-0.1, -0.05) is 54.3 Å². The first-order valence-corrected chi connectivity index (χ1v) is 9.82. The van der Waals surface area contributed by atoms with Crippen LogP contribution in [-0.2, 0) is 11.8 Å². The number of rotatable bonds is 5. The van der Waals surface area contributed by atoms with Gasteiger partial charge < -0.3 is 10.8 Å². The Balaban J connectivity index is 1.45. The van der Waals surface area contributed by atoms with Crippen molar-refractivity contribution >= 4 is 5.97 Å². The number of benzene rings is 3. The van der Waals surface area contributed by atoms with E-state index in [0.29, 0.717) is 0 Å². The number of aryl methyl sites for hydroxylation is 1. The topological polar surface area (TPSA) is 63.3 Å². The molecule has 3 nitrogen and oxygen atoms in total. The zero-order valence-corrected chi connectivity index (χ0v) is 16.1. The van der Waals surface area contributed by atoms with E-state index in [2.05, 4.69) is 48.2 Å². The summed E-state index contributed by atoms with van der Waals surface area (Å²) in [5, 5.41) is 8.96. The predicted octanol–water partition coefficient (Wildman–Crippen LogP) is 4.39. The van der Waals surface area contributed by atoms with Crippen molar-refractivity contribution in [2.45, 2.75) is 30.7 Å².